The Morgan fingerprint density at radius 2 is 1.43 bits per heavy atom. The van der Waals surface area contributed by atoms with Gasteiger partial charge in [-0.2, -0.15) is 26.3 Å². The SMILES string of the molecule is O=C1C=C(CC(O)(c2ccc(C(F)(F)F)cc2)C(F)(F)F)CC1. The van der Waals surface area contributed by atoms with Crippen LogP contribution in [0, 0.1) is 0 Å². The zero-order valence-electron chi connectivity index (χ0n) is 11.6. The number of hydrogen-bond donors (Lipinski definition) is 1. The molecule has 2 rings (SSSR count). The molecule has 8 heteroatoms. The summed E-state index contributed by atoms with van der Waals surface area (Å²) in [5, 5.41) is 10.1. The van der Waals surface area contributed by atoms with Gasteiger partial charge < -0.3 is 5.11 Å². The molecule has 0 radical (unpaired) electrons. The van der Waals surface area contributed by atoms with Crippen LogP contribution in [0.1, 0.15) is 30.4 Å². The number of carbonyl (C=O) groups excluding carboxylic acids is 1. The van der Waals surface area contributed by atoms with Gasteiger partial charge in [-0.1, -0.05) is 17.7 Å². The van der Waals surface area contributed by atoms with Crippen molar-refractivity contribution in [2.45, 2.75) is 37.2 Å². The van der Waals surface area contributed by atoms with E-state index < -0.39 is 35.5 Å². The van der Waals surface area contributed by atoms with Gasteiger partial charge in [-0.05, 0) is 30.2 Å². The fraction of sp³-hybridized carbons (Fsp3) is 0.400. The Morgan fingerprint density at radius 3 is 1.83 bits per heavy atom. The standard InChI is InChI=1S/C15H12F6O2/c16-14(17,18)11-4-2-10(3-5-11)13(23,15(19,20)21)8-9-1-6-12(22)7-9/h2-5,7,23H,1,6,8H2. The van der Waals surface area contributed by atoms with Crippen LogP contribution < -0.4 is 0 Å². The number of ketones is 1. The van der Waals surface area contributed by atoms with Crippen LogP contribution in [0.3, 0.4) is 0 Å². The molecule has 2 nitrogen and oxygen atoms in total. The number of allylic oxidation sites excluding steroid dienone is 1. The third kappa shape index (κ3) is 3.57. The number of alkyl halides is 6. The van der Waals surface area contributed by atoms with Gasteiger partial charge in [0.2, 0.25) is 0 Å². The van der Waals surface area contributed by atoms with E-state index in [-0.39, 0.29) is 24.2 Å². The molecule has 0 heterocycles. The zero-order chi connectivity index (χ0) is 17.5. The quantitative estimate of drug-likeness (QED) is 0.842. The van der Waals surface area contributed by atoms with Crippen molar-refractivity contribution in [2.75, 3.05) is 0 Å². The van der Waals surface area contributed by atoms with Crippen LogP contribution in [-0.2, 0) is 16.6 Å². The van der Waals surface area contributed by atoms with Crippen molar-refractivity contribution >= 4 is 5.78 Å². The lowest BCUT2D eigenvalue weighted by atomic mass is 9.85. The van der Waals surface area contributed by atoms with Crippen molar-refractivity contribution < 1.29 is 36.2 Å². The van der Waals surface area contributed by atoms with Gasteiger partial charge in [0.1, 0.15) is 0 Å². The summed E-state index contributed by atoms with van der Waals surface area (Å²) in [6.45, 7) is 0. The molecule has 0 saturated heterocycles. The minimum Gasteiger partial charge on any atom is -0.376 e. The molecule has 0 aliphatic heterocycles. The van der Waals surface area contributed by atoms with Crippen molar-refractivity contribution in [1.29, 1.82) is 0 Å². The van der Waals surface area contributed by atoms with Gasteiger partial charge >= 0.3 is 12.4 Å². The maximum absolute atomic E-state index is 13.3. The second-order valence-electron chi connectivity index (χ2n) is 5.38. The van der Waals surface area contributed by atoms with Gasteiger partial charge in [0.25, 0.3) is 0 Å². The molecule has 1 aliphatic rings. The van der Waals surface area contributed by atoms with E-state index in [0.717, 1.165) is 6.08 Å². The van der Waals surface area contributed by atoms with E-state index in [1.807, 2.05) is 0 Å². The van der Waals surface area contributed by atoms with Crippen LogP contribution >= 0.6 is 0 Å². The molecule has 1 aromatic carbocycles. The van der Waals surface area contributed by atoms with E-state index in [0.29, 0.717) is 24.3 Å². The van der Waals surface area contributed by atoms with E-state index in [2.05, 4.69) is 0 Å². The van der Waals surface area contributed by atoms with Crippen molar-refractivity contribution in [3.63, 3.8) is 0 Å². The second-order valence-corrected chi connectivity index (χ2v) is 5.38. The first-order chi connectivity index (χ1) is 10.4. The number of aliphatic hydroxyl groups is 1. The summed E-state index contributed by atoms with van der Waals surface area (Å²) in [5.41, 5.74) is -5.03. The molecule has 1 N–H and O–H groups in total. The molecule has 0 saturated carbocycles. The predicted molar refractivity (Wildman–Crippen MR) is 68.3 cm³/mol. The molecule has 1 atom stereocenters. The molecular weight excluding hydrogens is 326 g/mol. The monoisotopic (exact) mass is 338 g/mol. The van der Waals surface area contributed by atoms with Gasteiger partial charge in [-0.3, -0.25) is 4.79 Å². The molecule has 1 aliphatic carbocycles. The highest BCUT2D eigenvalue weighted by Gasteiger charge is 2.55. The molecule has 0 amide bonds. The lowest BCUT2D eigenvalue weighted by molar-refractivity contribution is -0.266. The summed E-state index contributed by atoms with van der Waals surface area (Å²) in [7, 11) is 0. The van der Waals surface area contributed by atoms with Gasteiger partial charge in [0.15, 0.2) is 11.4 Å². The van der Waals surface area contributed by atoms with Crippen LogP contribution in [0.5, 0.6) is 0 Å². The first-order valence-electron chi connectivity index (χ1n) is 6.62. The molecule has 0 bridgehead atoms. The summed E-state index contributed by atoms with van der Waals surface area (Å²) in [6, 6.07) is 2.18. The largest absolute Gasteiger partial charge is 0.421 e. The fourth-order valence-electron chi connectivity index (χ4n) is 2.42. The summed E-state index contributed by atoms with van der Waals surface area (Å²) in [4.78, 5) is 11.1. The number of rotatable bonds is 3. The summed E-state index contributed by atoms with van der Waals surface area (Å²) < 4.78 is 77.3. The average Bonchev–Trinajstić information content (AvgIpc) is 2.82. The van der Waals surface area contributed by atoms with E-state index >= 15 is 0 Å². The van der Waals surface area contributed by atoms with Crippen LogP contribution in [0.25, 0.3) is 0 Å². The molecule has 0 fully saturated rings. The van der Waals surface area contributed by atoms with E-state index in [9.17, 15) is 36.2 Å². The van der Waals surface area contributed by atoms with E-state index in [4.69, 9.17) is 0 Å². The highest BCUT2D eigenvalue weighted by Crippen LogP contribution is 2.45. The lowest BCUT2D eigenvalue weighted by Crippen LogP contribution is -2.42. The smallest absolute Gasteiger partial charge is 0.376 e. The summed E-state index contributed by atoms with van der Waals surface area (Å²) in [5.74, 6) is -0.336. The minimum atomic E-state index is -5.10. The Bertz CT molecular complexity index is 627. The van der Waals surface area contributed by atoms with Crippen molar-refractivity contribution in [2.24, 2.45) is 0 Å². The van der Waals surface area contributed by atoms with Crippen LogP contribution in [-0.4, -0.2) is 17.1 Å². The number of carbonyl (C=O) groups is 1. The molecule has 0 aromatic heterocycles. The second kappa shape index (κ2) is 5.67. The first kappa shape index (κ1) is 17.5. The van der Waals surface area contributed by atoms with Gasteiger partial charge in [-0.25, -0.2) is 0 Å². The summed E-state index contributed by atoms with van der Waals surface area (Å²) in [6.07, 6.45) is -9.46. The molecule has 1 aromatic rings. The highest BCUT2D eigenvalue weighted by molar-refractivity contribution is 5.92. The molecule has 126 valence electrons. The normalized spacial score (nSPS) is 18.7. The van der Waals surface area contributed by atoms with Crippen molar-refractivity contribution in [3.05, 3.63) is 47.0 Å². The van der Waals surface area contributed by atoms with Gasteiger partial charge in [0.05, 0.1) is 5.56 Å². The average molecular weight is 338 g/mol. The zero-order valence-corrected chi connectivity index (χ0v) is 11.6. The molecule has 0 spiro atoms. The molecular formula is C15H12F6O2. The van der Waals surface area contributed by atoms with Crippen LogP contribution in [0.15, 0.2) is 35.9 Å². The van der Waals surface area contributed by atoms with E-state index in [1.165, 1.54) is 0 Å². The first-order valence-corrected chi connectivity index (χ1v) is 6.62. The number of benzene rings is 1. The number of halogens is 6. The Morgan fingerprint density at radius 1 is 0.913 bits per heavy atom. The Hall–Kier alpha value is -1.83. The minimum absolute atomic E-state index is 0.0658. The van der Waals surface area contributed by atoms with Crippen molar-refractivity contribution in [3.8, 4) is 0 Å². The van der Waals surface area contributed by atoms with Crippen LogP contribution in [0.4, 0.5) is 26.3 Å². The van der Waals surface area contributed by atoms with Crippen molar-refractivity contribution in [1.82, 2.24) is 0 Å². The van der Waals surface area contributed by atoms with Gasteiger partial charge in [0, 0.05) is 12.8 Å². The molecule has 1 unspecified atom stereocenters. The number of hydrogen-bond acceptors (Lipinski definition) is 2. The third-order valence-corrected chi connectivity index (χ3v) is 3.70. The Labute approximate surface area is 127 Å². The maximum atomic E-state index is 13.3. The Balaban J connectivity index is 2.39. The summed E-state index contributed by atoms with van der Waals surface area (Å²) >= 11 is 0. The Kier molecular flexibility index (Phi) is 4.32. The van der Waals surface area contributed by atoms with E-state index in [1.54, 1.807) is 0 Å². The van der Waals surface area contributed by atoms with Crippen LogP contribution in [0.2, 0.25) is 0 Å². The predicted octanol–water partition coefficient (Wildman–Crippen LogP) is 4.13. The lowest BCUT2D eigenvalue weighted by Gasteiger charge is -2.31. The fourth-order valence-corrected chi connectivity index (χ4v) is 2.42. The molecule has 23 heavy (non-hydrogen) atoms. The van der Waals surface area contributed by atoms with Gasteiger partial charge in [-0.15, -0.1) is 0 Å². The maximum Gasteiger partial charge on any atom is 0.421 e. The third-order valence-electron chi connectivity index (χ3n) is 3.70. The highest BCUT2D eigenvalue weighted by atomic mass is 19.4. The topological polar surface area (TPSA) is 37.3 Å².